The van der Waals surface area contributed by atoms with Gasteiger partial charge in [0.25, 0.3) is 0 Å². The molecule has 1 fully saturated rings. The summed E-state index contributed by atoms with van der Waals surface area (Å²) < 4.78 is 0. The van der Waals surface area contributed by atoms with Crippen LogP contribution in [0.1, 0.15) is 20.8 Å². The second kappa shape index (κ2) is 4.01. The van der Waals surface area contributed by atoms with E-state index in [1.54, 1.807) is 6.92 Å². The minimum Gasteiger partial charge on any atom is -0.313 e. The molecule has 3 heteroatoms. The van der Waals surface area contributed by atoms with Gasteiger partial charge in [0.05, 0.1) is 6.04 Å². The van der Waals surface area contributed by atoms with Crippen molar-refractivity contribution >= 4 is 5.78 Å². The molecule has 0 aromatic carbocycles. The maximum absolute atomic E-state index is 11.2. The fraction of sp³-hybridized carbons (Fsp3) is 0.889. The number of nitrogens with zero attached hydrogens (tertiary/aromatic N) is 1. The first-order valence-corrected chi connectivity index (χ1v) is 4.60. The normalized spacial score (nSPS) is 26.2. The van der Waals surface area contributed by atoms with Crippen LogP contribution in [0.5, 0.6) is 0 Å². The van der Waals surface area contributed by atoms with E-state index in [2.05, 4.69) is 24.1 Å². The molecule has 70 valence electrons. The highest BCUT2D eigenvalue weighted by Crippen LogP contribution is 2.08. The molecule has 0 aliphatic carbocycles. The van der Waals surface area contributed by atoms with Crippen molar-refractivity contribution in [3.05, 3.63) is 0 Å². The number of carbonyl (C=O) groups excluding carboxylic acids is 1. The lowest BCUT2D eigenvalue weighted by Crippen LogP contribution is -2.56. The Labute approximate surface area is 74.1 Å². The molecule has 1 atom stereocenters. The quantitative estimate of drug-likeness (QED) is 0.645. The van der Waals surface area contributed by atoms with Crippen LogP contribution in [-0.2, 0) is 4.79 Å². The zero-order valence-corrected chi connectivity index (χ0v) is 8.13. The third kappa shape index (κ3) is 2.05. The van der Waals surface area contributed by atoms with E-state index in [0.29, 0.717) is 6.04 Å². The smallest absolute Gasteiger partial charge is 0.148 e. The fourth-order valence-corrected chi connectivity index (χ4v) is 1.72. The second-order valence-corrected chi connectivity index (χ2v) is 3.66. The third-order valence-corrected chi connectivity index (χ3v) is 2.42. The van der Waals surface area contributed by atoms with Crippen molar-refractivity contribution in [3.8, 4) is 0 Å². The van der Waals surface area contributed by atoms with Crippen LogP contribution in [0.2, 0.25) is 0 Å². The number of ketones is 1. The lowest BCUT2D eigenvalue weighted by atomic mass is 10.1. The molecular weight excluding hydrogens is 152 g/mol. The average Bonchev–Trinajstić information content (AvgIpc) is 2.04. The summed E-state index contributed by atoms with van der Waals surface area (Å²) in [5, 5.41) is 3.24. The van der Waals surface area contributed by atoms with Crippen molar-refractivity contribution in [2.75, 3.05) is 19.6 Å². The SMILES string of the molecule is CC(=O)[C@H]1CNCCN1C(C)C. The summed E-state index contributed by atoms with van der Waals surface area (Å²) >= 11 is 0. The summed E-state index contributed by atoms with van der Waals surface area (Å²) in [4.78, 5) is 13.5. The molecule has 1 rings (SSSR count). The zero-order chi connectivity index (χ0) is 9.14. The first-order valence-electron chi connectivity index (χ1n) is 4.60. The van der Waals surface area contributed by atoms with E-state index in [-0.39, 0.29) is 11.8 Å². The van der Waals surface area contributed by atoms with E-state index >= 15 is 0 Å². The highest BCUT2D eigenvalue weighted by molar-refractivity contribution is 5.81. The molecule has 0 amide bonds. The van der Waals surface area contributed by atoms with Gasteiger partial charge in [0.1, 0.15) is 5.78 Å². The number of piperazine rings is 1. The molecule has 0 radical (unpaired) electrons. The molecule has 1 saturated heterocycles. The summed E-state index contributed by atoms with van der Waals surface area (Å²) in [7, 11) is 0. The van der Waals surface area contributed by atoms with Gasteiger partial charge in [0, 0.05) is 25.7 Å². The van der Waals surface area contributed by atoms with Crippen LogP contribution in [0.3, 0.4) is 0 Å². The standard InChI is InChI=1S/C9H18N2O/c1-7(2)11-5-4-10-6-9(11)8(3)12/h7,9-10H,4-6H2,1-3H3/t9-/m1/s1. The van der Waals surface area contributed by atoms with Crippen LogP contribution >= 0.6 is 0 Å². The molecule has 0 bridgehead atoms. The minimum atomic E-state index is 0.0961. The van der Waals surface area contributed by atoms with E-state index in [0.717, 1.165) is 19.6 Å². The van der Waals surface area contributed by atoms with Gasteiger partial charge >= 0.3 is 0 Å². The Balaban J connectivity index is 2.60. The number of hydrogen-bond donors (Lipinski definition) is 1. The lowest BCUT2D eigenvalue weighted by Gasteiger charge is -2.37. The first kappa shape index (κ1) is 9.68. The van der Waals surface area contributed by atoms with Gasteiger partial charge in [-0.05, 0) is 20.8 Å². The zero-order valence-electron chi connectivity index (χ0n) is 8.13. The molecule has 0 aromatic heterocycles. The summed E-state index contributed by atoms with van der Waals surface area (Å²) in [6, 6.07) is 0.569. The van der Waals surface area contributed by atoms with E-state index in [9.17, 15) is 4.79 Å². The number of rotatable bonds is 2. The van der Waals surface area contributed by atoms with Gasteiger partial charge in [-0.2, -0.15) is 0 Å². The molecule has 3 nitrogen and oxygen atoms in total. The van der Waals surface area contributed by atoms with Gasteiger partial charge < -0.3 is 5.32 Å². The van der Waals surface area contributed by atoms with Crippen LogP contribution in [0.25, 0.3) is 0 Å². The summed E-state index contributed by atoms with van der Waals surface area (Å²) in [5.74, 6) is 0.274. The Morgan fingerprint density at radius 1 is 1.58 bits per heavy atom. The monoisotopic (exact) mass is 170 g/mol. The molecule has 1 heterocycles. The number of Topliss-reactive ketones (excluding diaryl/α,β-unsaturated/α-hetero) is 1. The molecule has 1 aliphatic heterocycles. The van der Waals surface area contributed by atoms with E-state index in [1.165, 1.54) is 0 Å². The largest absolute Gasteiger partial charge is 0.313 e. The van der Waals surface area contributed by atoms with Gasteiger partial charge in [0.15, 0.2) is 0 Å². The molecular formula is C9H18N2O. The molecule has 0 saturated carbocycles. The van der Waals surface area contributed by atoms with Crippen LogP contribution in [0, 0.1) is 0 Å². The van der Waals surface area contributed by atoms with Crippen LogP contribution in [-0.4, -0.2) is 42.4 Å². The van der Waals surface area contributed by atoms with Gasteiger partial charge in [-0.3, -0.25) is 9.69 Å². The predicted molar refractivity (Wildman–Crippen MR) is 49.2 cm³/mol. The Kier molecular flexibility index (Phi) is 3.23. The number of hydrogen-bond acceptors (Lipinski definition) is 3. The van der Waals surface area contributed by atoms with Crippen molar-refractivity contribution in [3.63, 3.8) is 0 Å². The van der Waals surface area contributed by atoms with Gasteiger partial charge in [-0.25, -0.2) is 0 Å². The summed E-state index contributed by atoms with van der Waals surface area (Å²) in [6.45, 7) is 8.76. The lowest BCUT2D eigenvalue weighted by molar-refractivity contribution is -0.123. The highest BCUT2D eigenvalue weighted by Gasteiger charge is 2.27. The highest BCUT2D eigenvalue weighted by atomic mass is 16.1. The van der Waals surface area contributed by atoms with Crippen molar-refractivity contribution in [2.24, 2.45) is 0 Å². The van der Waals surface area contributed by atoms with E-state index in [1.807, 2.05) is 0 Å². The van der Waals surface area contributed by atoms with Crippen LogP contribution < -0.4 is 5.32 Å². The van der Waals surface area contributed by atoms with Crippen molar-refractivity contribution in [1.82, 2.24) is 10.2 Å². The Morgan fingerprint density at radius 3 is 2.67 bits per heavy atom. The topological polar surface area (TPSA) is 32.3 Å². The van der Waals surface area contributed by atoms with Crippen molar-refractivity contribution in [2.45, 2.75) is 32.9 Å². The molecule has 12 heavy (non-hydrogen) atoms. The van der Waals surface area contributed by atoms with E-state index < -0.39 is 0 Å². The molecule has 1 aliphatic rings. The van der Waals surface area contributed by atoms with Crippen molar-refractivity contribution < 1.29 is 4.79 Å². The number of carbonyl (C=O) groups is 1. The first-order chi connectivity index (χ1) is 5.63. The van der Waals surface area contributed by atoms with Crippen LogP contribution in [0.4, 0.5) is 0 Å². The Bertz CT molecular complexity index is 168. The van der Waals surface area contributed by atoms with Gasteiger partial charge in [-0.1, -0.05) is 0 Å². The average molecular weight is 170 g/mol. The maximum Gasteiger partial charge on any atom is 0.148 e. The molecule has 1 N–H and O–H groups in total. The number of nitrogens with one attached hydrogen (secondary N) is 1. The van der Waals surface area contributed by atoms with Gasteiger partial charge in [0.2, 0.25) is 0 Å². The summed E-state index contributed by atoms with van der Waals surface area (Å²) in [6.07, 6.45) is 0. The van der Waals surface area contributed by atoms with Gasteiger partial charge in [-0.15, -0.1) is 0 Å². The predicted octanol–water partition coefficient (Wildman–Crippen LogP) is 0.258. The molecule has 0 spiro atoms. The van der Waals surface area contributed by atoms with Crippen LogP contribution in [0.15, 0.2) is 0 Å². The maximum atomic E-state index is 11.2. The third-order valence-electron chi connectivity index (χ3n) is 2.42. The minimum absolute atomic E-state index is 0.0961. The molecule has 0 aromatic rings. The Morgan fingerprint density at radius 2 is 2.25 bits per heavy atom. The fourth-order valence-electron chi connectivity index (χ4n) is 1.72. The van der Waals surface area contributed by atoms with E-state index in [4.69, 9.17) is 0 Å². The van der Waals surface area contributed by atoms with Crippen molar-refractivity contribution in [1.29, 1.82) is 0 Å². The summed E-state index contributed by atoms with van der Waals surface area (Å²) in [5.41, 5.74) is 0. The molecule has 0 unspecified atom stereocenters. The Hall–Kier alpha value is -0.410. The second-order valence-electron chi connectivity index (χ2n) is 3.66.